The van der Waals surface area contributed by atoms with Gasteiger partial charge < -0.3 is 4.74 Å². The fraction of sp³-hybridized carbons (Fsp3) is 0.0417. The average Bonchev–Trinajstić information content (AvgIpc) is 2.77. The lowest BCUT2D eigenvalue weighted by molar-refractivity contribution is -0.122. The van der Waals surface area contributed by atoms with Gasteiger partial charge in [0, 0.05) is 9.50 Å². The Bertz CT molecular complexity index is 1290. The maximum atomic E-state index is 13.0. The normalized spacial score (nSPS) is 15.1. The summed E-state index contributed by atoms with van der Waals surface area (Å²) < 4.78 is 7.27. The number of halogens is 3. The van der Waals surface area contributed by atoms with Gasteiger partial charge in [-0.15, -0.1) is 0 Å². The molecular weight excluding hydrogens is 576 g/mol. The van der Waals surface area contributed by atoms with E-state index in [9.17, 15) is 14.4 Å². The second-order valence-electron chi connectivity index (χ2n) is 7.04. The fourth-order valence-corrected chi connectivity index (χ4v) is 4.15. The van der Waals surface area contributed by atoms with Crippen molar-refractivity contribution in [3.63, 3.8) is 0 Å². The van der Waals surface area contributed by atoms with Crippen molar-refractivity contribution < 1.29 is 19.1 Å². The molecule has 0 atom stereocenters. The van der Waals surface area contributed by atoms with E-state index in [4.69, 9.17) is 16.3 Å². The molecular formula is C24H15Br2ClN2O4. The predicted molar refractivity (Wildman–Crippen MR) is 133 cm³/mol. The van der Waals surface area contributed by atoms with Crippen LogP contribution in [0.1, 0.15) is 11.1 Å². The molecule has 0 saturated carbocycles. The first kappa shape index (κ1) is 23.2. The summed E-state index contributed by atoms with van der Waals surface area (Å²) in [6.45, 7) is 0.324. The molecule has 9 heteroatoms. The average molecular weight is 591 g/mol. The number of barbiturate groups is 1. The van der Waals surface area contributed by atoms with Gasteiger partial charge in [-0.25, -0.2) is 9.69 Å². The number of urea groups is 1. The van der Waals surface area contributed by atoms with Crippen molar-refractivity contribution in [2.75, 3.05) is 4.90 Å². The minimum Gasteiger partial charge on any atom is -0.488 e. The van der Waals surface area contributed by atoms with E-state index in [-0.39, 0.29) is 5.57 Å². The van der Waals surface area contributed by atoms with Gasteiger partial charge in [-0.3, -0.25) is 14.9 Å². The quantitative estimate of drug-likeness (QED) is 0.288. The molecule has 1 aliphatic heterocycles. The minimum absolute atomic E-state index is 0.156. The Morgan fingerprint density at radius 2 is 1.73 bits per heavy atom. The first-order valence-corrected chi connectivity index (χ1v) is 11.6. The van der Waals surface area contributed by atoms with Crippen LogP contribution in [0.3, 0.4) is 0 Å². The van der Waals surface area contributed by atoms with Gasteiger partial charge in [-0.2, -0.15) is 0 Å². The number of imide groups is 2. The van der Waals surface area contributed by atoms with Crippen molar-refractivity contribution in [2.24, 2.45) is 0 Å². The summed E-state index contributed by atoms with van der Waals surface area (Å²) in [7, 11) is 0. The molecule has 0 aliphatic carbocycles. The standard InChI is InChI=1S/C24H15Br2ClN2O4/c25-16-5-7-18(8-6-16)29-23(31)19(22(30)28-24(29)32)11-14-4-9-21(20(26)12-14)33-13-15-2-1-3-17(27)10-15/h1-12H,13H2,(H,28,30,32)/b19-11+. The maximum Gasteiger partial charge on any atom is 0.335 e. The maximum absolute atomic E-state index is 13.0. The van der Waals surface area contributed by atoms with Crippen molar-refractivity contribution in [2.45, 2.75) is 6.61 Å². The summed E-state index contributed by atoms with van der Waals surface area (Å²) in [4.78, 5) is 38.6. The van der Waals surface area contributed by atoms with Gasteiger partial charge >= 0.3 is 6.03 Å². The zero-order valence-corrected chi connectivity index (χ0v) is 20.8. The summed E-state index contributed by atoms with van der Waals surface area (Å²) in [6, 6.07) is 18.4. The molecule has 4 amide bonds. The Labute approximate surface area is 211 Å². The molecule has 1 fully saturated rings. The topological polar surface area (TPSA) is 75.7 Å². The number of nitrogens with one attached hydrogen (secondary N) is 1. The second-order valence-corrected chi connectivity index (χ2v) is 9.25. The van der Waals surface area contributed by atoms with Crippen molar-refractivity contribution in [3.8, 4) is 5.75 Å². The molecule has 0 bridgehead atoms. The second kappa shape index (κ2) is 9.91. The molecule has 1 heterocycles. The third-order valence-electron chi connectivity index (χ3n) is 4.74. The highest BCUT2D eigenvalue weighted by molar-refractivity contribution is 9.10. The number of carbonyl (C=O) groups is 3. The fourth-order valence-electron chi connectivity index (χ4n) is 3.16. The summed E-state index contributed by atoms with van der Waals surface area (Å²) in [5.74, 6) is -0.873. The summed E-state index contributed by atoms with van der Waals surface area (Å²) in [6.07, 6.45) is 1.43. The van der Waals surface area contributed by atoms with E-state index in [2.05, 4.69) is 37.2 Å². The number of anilines is 1. The lowest BCUT2D eigenvalue weighted by atomic mass is 10.1. The highest BCUT2D eigenvalue weighted by Gasteiger charge is 2.36. The summed E-state index contributed by atoms with van der Waals surface area (Å²) in [5, 5.41) is 2.84. The molecule has 0 unspecified atom stereocenters. The van der Waals surface area contributed by atoms with Crippen LogP contribution in [0.2, 0.25) is 5.02 Å². The largest absolute Gasteiger partial charge is 0.488 e. The first-order chi connectivity index (χ1) is 15.8. The van der Waals surface area contributed by atoms with Crippen molar-refractivity contribution in [1.29, 1.82) is 0 Å². The van der Waals surface area contributed by atoms with Crippen LogP contribution in [0.25, 0.3) is 6.08 Å². The van der Waals surface area contributed by atoms with Crippen molar-refractivity contribution in [3.05, 3.63) is 97.4 Å². The van der Waals surface area contributed by atoms with Crippen LogP contribution < -0.4 is 15.0 Å². The molecule has 3 aromatic carbocycles. The zero-order valence-electron chi connectivity index (χ0n) is 16.8. The van der Waals surface area contributed by atoms with E-state index in [0.717, 1.165) is 14.9 Å². The Morgan fingerprint density at radius 1 is 0.970 bits per heavy atom. The SMILES string of the molecule is O=C1NC(=O)N(c2ccc(Br)cc2)C(=O)/C1=C/c1ccc(OCc2cccc(Cl)c2)c(Br)c1. The Morgan fingerprint density at radius 3 is 2.42 bits per heavy atom. The number of ether oxygens (including phenoxy) is 1. The Hall–Kier alpha value is -2.94. The molecule has 0 radical (unpaired) electrons. The highest BCUT2D eigenvalue weighted by atomic mass is 79.9. The van der Waals surface area contributed by atoms with Crippen molar-refractivity contribution in [1.82, 2.24) is 5.32 Å². The third kappa shape index (κ3) is 5.35. The molecule has 1 aliphatic rings. The number of rotatable bonds is 5. The number of hydrogen-bond acceptors (Lipinski definition) is 4. The van der Waals surface area contributed by atoms with E-state index in [1.807, 2.05) is 18.2 Å². The smallest absolute Gasteiger partial charge is 0.335 e. The van der Waals surface area contributed by atoms with Crippen LogP contribution in [-0.4, -0.2) is 17.8 Å². The van der Waals surface area contributed by atoms with E-state index in [0.29, 0.717) is 33.1 Å². The number of amides is 4. The molecule has 1 saturated heterocycles. The van der Waals surface area contributed by atoms with Crippen LogP contribution in [0.4, 0.5) is 10.5 Å². The van der Waals surface area contributed by atoms with Gasteiger partial charge in [-0.05, 0) is 81.7 Å². The monoisotopic (exact) mass is 588 g/mol. The van der Waals surface area contributed by atoms with E-state index >= 15 is 0 Å². The predicted octanol–water partition coefficient (Wildman–Crippen LogP) is 6.11. The number of nitrogens with zero attached hydrogens (tertiary/aromatic N) is 1. The molecule has 166 valence electrons. The number of carbonyl (C=O) groups excluding carboxylic acids is 3. The molecule has 33 heavy (non-hydrogen) atoms. The zero-order chi connectivity index (χ0) is 23.5. The summed E-state index contributed by atoms with van der Waals surface area (Å²) in [5.41, 5.74) is 1.70. The third-order valence-corrected chi connectivity index (χ3v) is 6.12. The highest BCUT2D eigenvalue weighted by Crippen LogP contribution is 2.29. The molecule has 1 N–H and O–H groups in total. The van der Waals surface area contributed by atoms with Crippen LogP contribution >= 0.6 is 43.5 Å². The number of benzene rings is 3. The van der Waals surface area contributed by atoms with Gasteiger partial charge in [-0.1, -0.05) is 45.7 Å². The van der Waals surface area contributed by atoms with Crippen molar-refractivity contribution >= 4 is 73.1 Å². The van der Waals surface area contributed by atoms with Crippen LogP contribution in [0.5, 0.6) is 5.75 Å². The molecule has 0 spiro atoms. The first-order valence-electron chi connectivity index (χ1n) is 9.65. The number of hydrogen-bond donors (Lipinski definition) is 1. The van der Waals surface area contributed by atoms with E-state index < -0.39 is 17.8 Å². The molecule has 0 aromatic heterocycles. The molecule has 3 aromatic rings. The summed E-state index contributed by atoms with van der Waals surface area (Å²) >= 11 is 12.8. The lowest BCUT2D eigenvalue weighted by Crippen LogP contribution is -2.54. The van der Waals surface area contributed by atoms with Gasteiger partial charge in [0.1, 0.15) is 17.9 Å². The lowest BCUT2D eigenvalue weighted by Gasteiger charge is -2.26. The van der Waals surface area contributed by atoms with E-state index in [1.165, 1.54) is 6.08 Å². The van der Waals surface area contributed by atoms with Crippen LogP contribution in [0, 0.1) is 0 Å². The minimum atomic E-state index is -0.796. The van der Waals surface area contributed by atoms with Crippen LogP contribution in [-0.2, 0) is 16.2 Å². The van der Waals surface area contributed by atoms with Gasteiger partial charge in [0.25, 0.3) is 11.8 Å². The molecule has 6 nitrogen and oxygen atoms in total. The Balaban J connectivity index is 1.56. The van der Waals surface area contributed by atoms with Gasteiger partial charge in [0.15, 0.2) is 0 Å². The molecule has 4 rings (SSSR count). The van der Waals surface area contributed by atoms with Crippen LogP contribution in [0.15, 0.2) is 81.2 Å². The van der Waals surface area contributed by atoms with Gasteiger partial charge in [0.05, 0.1) is 10.2 Å². The van der Waals surface area contributed by atoms with E-state index in [1.54, 1.807) is 48.5 Å². The Kier molecular flexibility index (Phi) is 6.97. The van der Waals surface area contributed by atoms with Gasteiger partial charge in [0.2, 0.25) is 0 Å².